The molecule has 1 aliphatic heterocycles. The lowest BCUT2D eigenvalue weighted by Gasteiger charge is -2.36. The van der Waals surface area contributed by atoms with Crippen LogP contribution in [0.15, 0.2) is 23.0 Å². The van der Waals surface area contributed by atoms with Crippen LogP contribution >= 0.6 is 11.5 Å². The normalized spacial score (nSPS) is 20.2. The lowest BCUT2D eigenvalue weighted by atomic mass is 9.92. The number of carbonyl (C=O) groups excluding carboxylic acids is 1. The van der Waals surface area contributed by atoms with E-state index >= 15 is 0 Å². The number of aromatic nitrogens is 5. The molecular weight excluding hydrogens is 392 g/mol. The minimum absolute atomic E-state index is 0.0252. The SMILES string of the molecule is Cc1oc(C2CC[C@@H](C)N(C(=O)c3cnsc3-n3nccn3)C2)nc1C(C)(C)O. The Kier molecular flexibility index (Phi) is 4.99. The van der Waals surface area contributed by atoms with Crippen molar-refractivity contribution >= 4 is 17.4 Å². The van der Waals surface area contributed by atoms with Crippen LogP contribution in [0, 0.1) is 6.92 Å². The summed E-state index contributed by atoms with van der Waals surface area (Å²) in [5.41, 5.74) is -0.0466. The van der Waals surface area contributed by atoms with E-state index in [2.05, 4.69) is 19.6 Å². The fourth-order valence-electron chi connectivity index (χ4n) is 3.75. The Hall–Kier alpha value is -2.59. The Morgan fingerprint density at radius 1 is 1.31 bits per heavy atom. The van der Waals surface area contributed by atoms with Crippen molar-refractivity contribution in [2.24, 2.45) is 0 Å². The van der Waals surface area contributed by atoms with Crippen molar-refractivity contribution in [3.05, 3.63) is 41.5 Å². The molecule has 0 saturated carbocycles. The van der Waals surface area contributed by atoms with Gasteiger partial charge in [-0.25, -0.2) is 4.98 Å². The van der Waals surface area contributed by atoms with E-state index in [4.69, 9.17) is 4.42 Å². The standard InChI is InChI=1S/C19H24N6O3S/c1-11-5-6-13(16-23-15(12(2)28-16)19(3,4)27)10-24(11)17(26)14-9-22-29-18(14)25-20-7-8-21-25/h7-9,11,13,27H,5-6,10H2,1-4H3/t11-,13?/m1/s1. The molecule has 0 aromatic carbocycles. The summed E-state index contributed by atoms with van der Waals surface area (Å²) in [4.78, 5) is 21.1. The van der Waals surface area contributed by atoms with E-state index in [0.29, 0.717) is 34.5 Å². The van der Waals surface area contributed by atoms with Crippen molar-refractivity contribution in [3.63, 3.8) is 0 Å². The summed E-state index contributed by atoms with van der Waals surface area (Å²) in [6.07, 6.45) is 6.41. The molecule has 4 rings (SSSR count). The lowest BCUT2D eigenvalue weighted by Crippen LogP contribution is -2.45. The van der Waals surface area contributed by atoms with Gasteiger partial charge < -0.3 is 14.4 Å². The van der Waals surface area contributed by atoms with Crippen molar-refractivity contribution in [2.75, 3.05) is 6.54 Å². The van der Waals surface area contributed by atoms with E-state index in [9.17, 15) is 9.90 Å². The Morgan fingerprint density at radius 2 is 2.03 bits per heavy atom. The quantitative estimate of drug-likeness (QED) is 0.696. The molecular formula is C19H24N6O3S. The summed E-state index contributed by atoms with van der Waals surface area (Å²) in [5.74, 6) is 1.05. The summed E-state index contributed by atoms with van der Waals surface area (Å²) in [6, 6.07) is 0.0851. The maximum atomic E-state index is 13.3. The van der Waals surface area contributed by atoms with Crippen molar-refractivity contribution in [1.82, 2.24) is 29.3 Å². The zero-order valence-electron chi connectivity index (χ0n) is 16.9. The van der Waals surface area contributed by atoms with Gasteiger partial charge in [-0.3, -0.25) is 4.79 Å². The molecule has 3 aromatic rings. The second-order valence-electron chi connectivity index (χ2n) is 7.96. The fourth-order valence-corrected chi connectivity index (χ4v) is 4.41. The first-order valence-electron chi connectivity index (χ1n) is 9.58. The molecule has 1 aliphatic rings. The van der Waals surface area contributed by atoms with Gasteiger partial charge in [0.2, 0.25) is 0 Å². The van der Waals surface area contributed by atoms with Crippen LogP contribution < -0.4 is 0 Å². The topological polar surface area (TPSA) is 110 Å². The number of hydrogen-bond donors (Lipinski definition) is 1. The number of nitrogens with zero attached hydrogens (tertiary/aromatic N) is 6. The predicted molar refractivity (Wildman–Crippen MR) is 106 cm³/mol. The molecule has 1 saturated heterocycles. The molecule has 0 radical (unpaired) electrons. The molecule has 0 bridgehead atoms. The number of aryl methyl sites for hydroxylation is 1. The van der Waals surface area contributed by atoms with Crippen molar-refractivity contribution in [2.45, 2.75) is 58.1 Å². The minimum atomic E-state index is -1.07. The van der Waals surface area contributed by atoms with Crippen LogP contribution in [0.1, 0.15) is 67.2 Å². The van der Waals surface area contributed by atoms with Gasteiger partial charge in [-0.15, -0.1) is 4.80 Å². The number of hydrogen-bond acceptors (Lipinski definition) is 8. The summed E-state index contributed by atoms with van der Waals surface area (Å²) >= 11 is 1.19. The monoisotopic (exact) mass is 416 g/mol. The van der Waals surface area contributed by atoms with Crippen LogP contribution in [0.2, 0.25) is 0 Å². The third-order valence-electron chi connectivity index (χ3n) is 5.27. The van der Waals surface area contributed by atoms with E-state index in [1.807, 2.05) is 11.8 Å². The van der Waals surface area contributed by atoms with Gasteiger partial charge in [0.05, 0.1) is 30.1 Å². The maximum Gasteiger partial charge on any atom is 0.258 e. The largest absolute Gasteiger partial charge is 0.445 e. The van der Waals surface area contributed by atoms with Crippen LogP contribution in [0.3, 0.4) is 0 Å². The van der Waals surface area contributed by atoms with E-state index in [1.54, 1.807) is 39.4 Å². The van der Waals surface area contributed by atoms with Crippen LogP contribution in [-0.2, 0) is 5.60 Å². The fraction of sp³-hybridized carbons (Fsp3) is 0.526. The molecule has 154 valence electrons. The molecule has 1 unspecified atom stereocenters. The first kappa shape index (κ1) is 19.7. The average molecular weight is 417 g/mol. The number of carbonyl (C=O) groups is 1. The van der Waals surface area contributed by atoms with Gasteiger partial charge in [0.1, 0.15) is 17.1 Å². The molecule has 0 spiro atoms. The molecule has 9 nitrogen and oxygen atoms in total. The second-order valence-corrected chi connectivity index (χ2v) is 8.74. The number of likely N-dealkylation sites (tertiary alicyclic amines) is 1. The zero-order chi connectivity index (χ0) is 20.8. The van der Waals surface area contributed by atoms with Crippen molar-refractivity contribution in [1.29, 1.82) is 0 Å². The molecule has 1 N–H and O–H groups in total. The Bertz CT molecular complexity index is 1000. The van der Waals surface area contributed by atoms with E-state index in [1.165, 1.54) is 16.3 Å². The highest BCUT2D eigenvalue weighted by molar-refractivity contribution is 7.08. The molecule has 0 aliphatic carbocycles. The number of piperidine rings is 1. The number of oxazole rings is 1. The van der Waals surface area contributed by atoms with Crippen LogP contribution in [0.25, 0.3) is 5.00 Å². The Morgan fingerprint density at radius 3 is 2.69 bits per heavy atom. The molecule has 1 fully saturated rings. The van der Waals surface area contributed by atoms with Crippen molar-refractivity contribution < 1.29 is 14.3 Å². The van der Waals surface area contributed by atoms with Gasteiger partial charge in [0, 0.05) is 12.6 Å². The summed E-state index contributed by atoms with van der Waals surface area (Å²) in [7, 11) is 0. The summed E-state index contributed by atoms with van der Waals surface area (Å²) < 4.78 is 10.0. The lowest BCUT2D eigenvalue weighted by molar-refractivity contribution is 0.0594. The molecule has 29 heavy (non-hydrogen) atoms. The molecule has 10 heteroatoms. The molecule has 4 heterocycles. The third kappa shape index (κ3) is 3.69. The number of aliphatic hydroxyl groups is 1. The van der Waals surface area contributed by atoms with Gasteiger partial charge in [-0.2, -0.15) is 14.6 Å². The van der Waals surface area contributed by atoms with E-state index in [0.717, 1.165) is 12.8 Å². The smallest absolute Gasteiger partial charge is 0.258 e. The highest BCUT2D eigenvalue weighted by atomic mass is 32.1. The average Bonchev–Trinajstić information content (AvgIpc) is 3.40. The number of amides is 1. The Balaban J connectivity index is 1.59. The molecule has 3 aromatic heterocycles. The summed E-state index contributed by atoms with van der Waals surface area (Å²) in [5, 5.41) is 19.1. The zero-order valence-corrected chi connectivity index (χ0v) is 17.7. The summed E-state index contributed by atoms with van der Waals surface area (Å²) in [6.45, 7) is 7.72. The van der Waals surface area contributed by atoms with E-state index < -0.39 is 5.60 Å². The highest BCUT2D eigenvalue weighted by Gasteiger charge is 2.35. The minimum Gasteiger partial charge on any atom is -0.445 e. The highest BCUT2D eigenvalue weighted by Crippen LogP contribution is 2.34. The first-order chi connectivity index (χ1) is 13.8. The Labute approximate surface area is 172 Å². The van der Waals surface area contributed by atoms with Gasteiger partial charge in [-0.1, -0.05) is 0 Å². The maximum absolute atomic E-state index is 13.3. The van der Waals surface area contributed by atoms with Gasteiger partial charge in [0.25, 0.3) is 5.91 Å². The molecule has 2 atom stereocenters. The third-order valence-corrected chi connectivity index (χ3v) is 6.03. The van der Waals surface area contributed by atoms with Crippen LogP contribution in [0.5, 0.6) is 0 Å². The van der Waals surface area contributed by atoms with Gasteiger partial charge in [0.15, 0.2) is 10.9 Å². The second kappa shape index (κ2) is 7.34. The van der Waals surface area contributed by atoms with Crippen molar-refractivity contribution in [3.8, 4) is 5.00 Å². The molecule has 1 amide bonds. The predicted octanol–water partition coefficient (Wildman–Crippen LogP) is 2.66. The van der Waals surface area contributed by atoms with Crippen LogP contribution in [0.4, 0.5) is 0 Å². The van der Waals surface area contributed by atoms with E-state index in [-0.39, 0.29) is 17.9 Å². The first-order valence-corrected chi connectivity index (χ1v) is 10.4. The van der Waals surface area contributed by atoms with Crippen LogP contribution in [-0.4, -0.2) is 52.9 Å². The number of rotatable bonds is 4. The van der Waals surface area contributed by atoms with Gasteiger partial charge in [-0.05, 0) is 52.1 Å². The van der Waals surface area contributed by atoms with Gasteiger partial charge >= 0.3 is 0 Å².